The largest absolute Gasteiger partial charge is 0.506 e. The minimum atomic E-state index is -1.80. The van der Waals surface area contributed by atoms with Crippen LogP contribution in [0.5, 0.6) is 11.5 Å². The number of phenols is 1. The molecule has 19 heavy (non-hydrogen) atoms. The Morgan fingerprint density at radius 2 is 1.68 bits per heavy atom. The van der Waals surface area contributed by atoms with Gasteiger partial charge in [0.1, 0.15) is 10.2 Å². The van der Waals surface area contributed by atoms with Crippen LogP contribution in [0, 0.1) is 13.8 Å². The van der Waals surface area contributed by atoms with Gasteiger partial charge < -0.3 is 20.1 Å². The Bertz CT molecular complexity index is 440. The van der Waals surface area contributed by atoms with E-state index in [4.69, 9.17) is 4.74 Å². The summed E-state index contributed by atoms with van der Waals surface area (Å²) in [4.78, 5) is 10.9. The molecule has 0 bridgehead atoms. The van der Waals surface area contributed by atoms with Crippen LogP contribution in [0.3, 0.4) is 0 Å². The number of halogens is 1. The molecule has 3 N–H and O–H groups in total. The van der Waals surface area contributed by atoms with E-state index >= 15 is 0 Å². The number of benzene rings is 1. The average molecular weight is 335 g/mol. The lowest BCUT2D eigenvalue weighted by Gasteiger charge is -2.18. The van der Waals surface area contributed by atoms with Gasteiger partial charge in [-0.1, -0.05) is 13.8 Å². The first kappa shape index (κ1) is 17.9. The van der Waals surface area contributed by atoms with E-state index < -0.39 is 12.3 Å². The van der Waals surface area contributed by atoms with Crippen LogP contribution in [0.4, 0.5) is 0 Å². The maximum Gasteiger partial charge on any atom is 0.308 e. The standard InChI is InChI=1S/C11H13BrO5.C2H6/c1-4-5(2)10(17-6(3)13)8(12)9(14)7(4)11(15)16;1-2/h11,14-16H,1-3H3;1-2H3. The average Bonchev–Trinajstić information content (AvgIpc) is 2.34. The molecule has 0 radical (unpaired) electrons. The lowest BCUT2D eigenvalue weighted by atomic mass is 10.0. The molecule has 0 amide bonds. The Kier molecular flexibility index (Phi) is 7.04. The Labute approximate surface area is 121 Å². The molecule has 0 aliphatic heterocycles. The van der Waals surface area contributed by atoms with Crippen molar-refractivity contribution >= 4 is 21.9 Å². The summed E-state index contributed by atoms with van der Waals surface area (Å²) >= 11 is 3.06. The van der Waals surface area contributed by atoms with Crippen molar-refractivity contribution in [1.82, 2.24) is 0 Å². The number of ether oxygens (including phenoxy) is 1. The van der Waals surface area contributed by atoms with Gasteiger partial charge in [0.25, 0.3) is 0 Å². The Balaban J connectivity index is 0.00000154. The van der Waals surface area contributed by atoms with Gasteiger partial charge in [0.2, 0.25) is 0 Å². The van der Waals surface area contributed by atoms with Crippen LogP contribution in [-0.2, 0) is 4.79 Å². The molecule has 0 atom stereocenters. The molecular formula is C13H19BrO5. The summed E-state index contributed by atoms with van der Waals surface area (Å²) in [5, 5.41) is 28.2. The van der Waals surface area contributed by atoms with Gasteiger partial charge >= 0.3 is 5.97 Å². The number of aliphatic hydroxyl groups is 2. The molecule has 0 aromatic heterocycles. The van der Waals surface area contributed by atoms with Crippen LogP contribution in [0.1, 0.15) is 43.8 Å². The maximum absolute atomic E-state index is 10.9. The second-order valence-corrected chi connectivity index (χ2v) is 4.42. The number of aliphatic hydroxyl groups excluding tert-OH is 1. The van der Waals surface area contributed by atoms with Gasteiger partial charge in [-0.2, -0.15) is 0 Å². The number of esters is 1. The van der Waals surface area contributed by atoms with E-state index in [0.717, 1.165) is 0 Å². The van der Waals surface area contributed by atoms with Crippen molar-refractivity contribution in [3.63, 3.8) is 0 Å². The molecule has 0 heterocycles. The molecule has 0 aliphatic carbocycles. The van der Waals surface area contributed by atoms with E-state index in [-0.39, 0.29) is 21.5 Å². The molecule has 0 saturated carbocycles. The summed E-state index contributed by atoms with van der Waals surface area (Å²) in [6.07, 6.45) is -1.80. The Hall–Kier alpha value is -1.11. The Morgan fingerprint density at radius 3 is 2.05 bits per heavy atom. The fourth-order valence-corrected chi connectivity index (χ4v) is 2.11. The molecular weight excluding hydrogens is 316 g/mol. The molecule has 0 fully saturated rings. The monoisotopic (exact) mass is 334 g/mol. The number of aromatic hydroxyl groups is 1. The third kappa shape index (κ3) is 3.92. The smallest absolute Gasteiger partial charge is 0.308 e. The highest BCUT2D eigenvalue weighted by Crippen LogP contribution is 2.43. The van der Waals surface area contributed by atoms with Gasteiger partial charge in [-0.25, -0.2) is 0 Å². The van der Waals surface area contributed by atoms with Crippen molar-refractivity contribution in [2.75, 3.05) is 0 Å². The van der Waals surface area contributed by atoms with E-state index in [0.29, 0.717) is 11.1 Å². The topological polar surface area (TPSA) is 87.0 Å². The highest BCUT2D eigenvalue weighted by molar-refractivity contribution is 9.10. The van der Waals surface area contributed by atoms with Crippen molar-refractivity contribution in [3.05, 3.63) is 21.2 Å². The fraction of sp³-hybridized carbons (Fsp3) is 0.462. The zero-order chi connectivity index (χ0) is 15.3. The zero-order valence-electron chi connectivity index (χ0n) is 11.6. The second-order valence-electron chi connectivity index (χ2n) is 3.62. The number of phenolic OH excluding ortho intramolecular Hbond substituents is 1. The summed E-state index contributed by atoms with van der Waals surface area (Å²) in [5.74, 6) is -0.693. The minimum absolute atomic E-state index is 0.00900. The molecule has 108 valence electrons. The zero-order valence-corrected chi connectivity index (χ0v) is 13.2. The maximum atomic E-state index is 10.9. The van der Waals surface area contributed by atoms with Gasteiger partial charge in [-0.05, 0) is 40.9 Å². The first-order valence-electron chi connectivity index (χ1n) is 5.83. The molecule has 1 rings (SSSR count). The summed E-state index contributed by atoms with van der Waals surface area (Å²) in [5.41, 5.74) is 0.996. The third-order valence-corrected chi connectivity index (χ3v) is 3.21. The van der Waals surface area contributed by atoms with E-state index in [1.54, 1.807) is 13.8 Å². The summed E-state index contributed by atoms with van der Waals surface area (Å²) in [7, 11) is 0. The Morgan fingerprint density at radius 1 is 1.21 bits per heavy atom. The lowest BCUT2D eigenvalue weighted by molar-refractivity contribution is -0.131. The molecule has 0 saturated heterocycles. The number of hydrogen-bond donors (Lipinski definition) is 3. The summed E-state index contributed by atoms with van der Waals surface area (Å²) in [6.45, 7) is 8.50. The van der Waals surface area contributed by atoms with Crippen molar-refractivity contribution in [2.24, 2.45) is 0 Å². The first-order chi connectivity index (χ1) is 8.77. The third-order valence-electron chi connectivity index (χ3n) is 2.47. The summed E-state index contributed by atoms with van der Waals surface area (Å²) < 4.78 is 5.09. The highest BCUT2D eigenvalue weighted by Gasteiger charge is 2.23. The van der Waals surface area contributed by atoms with E-state index in [9.17, 15) is 20.1 Å². The predicted molar refractivity (Wildman–Crippen MR) is 75.1 cm³/mol. The van der Waals surface area contributed by atoms with Gasteiger partial charge in [-0.3, -0.25) is 4.79 Å². The van der Waals surface area contributed by atoms with Crippen LogP contribution in [-0.4, -0.2) is 21.3 Å². The number of carbonyl (C=O) groups is 1. The van der Waals surface area contributed by atoms with E-state index in [1.807, 2.05) is 13.8 Å². The van der Waals surface area contributed by atoms with E-state index in [2.05, 4.69) is 15.9 Å². The molecule has 0 unspecified atom stereocenters. The normalized spacial score (nSPS) is 9.95. The van der Waals surface area contributed by atoms with Gasteiger partial charge in [0.15, 0.2) is 12.0 Å². The van der Waals surface area contributed by atoms with Crippen LogP contribution < -0.4 is 4.74 Å². The van der Waals surface area contributed by atoms with Crippen molar-refractivity contribution in [3.8, 4) is 11.5 Å². The molecule has 0 spiro atoms. The quantitative estimate of drug-likeness (QED) is 0.439. The highest BCUT2D eigenvalue weighted by atomic mass is 79.9. The van der Waals surface area contributed by atoms with Crippen LogP contribution >= 0.6 is 15.9 Å². The van der Waals surface area contributed by atoms with Gasteiger partial charge in [0.05, 0.1) is 5.56 Å². The number of carbonyl (C=O) groups excluding carboxylic acids is 1. The number of rotatable bonds is 2. The lowest BCUT2D eigenvalue weighted by Crippen LogP contribution is -2.08. The molecule has 5 nitrogen and oxygen atoms in total. The first-order valence-corrected chi connectivity index (χ1v) is 6.62. The fourth-order valence-electron chi connectivity index (χ4n) is 1.52. The van der Waals surface area contributed by atoms with Gasteiger partial charge in [-0.15, -0.1) is 0 Å². The molecule has 1 aromatic rings. The van der Waals surface area contributed by atoms with Crippen LogP contribution in [0.25, 0.3) is 0 Å². The molecule has 1 aromatic carbocycles. The second kappa shape index (κ2) is 7.47. The predicted octanol–water partition coefficient (Wildman–Crippen LogP) is 2.71. The van der Waals surface area contributed by atoms with Crippen molar-refractivity contribution in [1.29, 1.82) is 0 Å². The SMILES string of the molecule is CC.CC(=O)Oc1c(C)c(C)c(C(O)O)c(O)c1Br. The molecule has 0 aliphatic rings. The summed E-state index contributed by atoms with van der Waals surface area (Å²) in [6, 6.07) is 0. The van der Waals surface area contributed by atoms with Crippen LogP contribution in [0.2, 0.25) is 0 Å². The van der Waals surface area contributed by atoms with Gasteiger partial charge in [0, 0.05) is 6.92 Å². The molecule has 6 heteroatoms. The minimum Gasteiger partial charge on any atom is -0.506 e. The van der Waals surface area contributed by atoms with Crippen molar-refractivity contribution in [2.45, 2.75) is 40.9 Å². The number of hydrogen-bond acceptors (Lipinski definition) is 5. The van der Waals surface area contributed by atoms with Crippen molar-refractivity contribution < 1.29 is 24.9 Å². The van der Waals surface area contributed by atoms with E-state index in [1.165, 1.54) is 6.92 Å². The van der Waals surface area contributed by atoms with Crippen LogP contribution in [0.15, 0.2) is 4.47 Å².